The van der Waals surface area contributed by atoms with E-state index in [0.717, 1.165) is 36.4 Å². The summed E-state index contributed by atoms with van der Waals surface area (Å²) in [5.41, 5.74) is 4.82. The average Bonchev–Trinajstić information content (AvgIpc) is 3.21. The standard InChI is InChI=1S/C27H35N3O2/c1-4-5-6-7-10-17-28-18-16-22-23(12-11-15-24(22)28)27(32)29-19-20(2)30(21(3)31)26-14-9-8-13-25(26)29/h8-9,11-15,20H,4-7,10,16-19H2,1-3H3. The fourth-order valence-electron chi connectivity index (χ4n) is 5.24. The minimum absolute atomic E-state index is 0.00669. The van der Waals surface area contributed by atoms with Gasteiger partial charge in [0.05, 0.1) is 17.4 Å². The van der Waals surface area contributed by atoms with E-state index in [2.05, 4.69) is 17.9 Å². The summed E-state index contributed by atoms with van der Waals surface area (Å²) in [6.45, 7) is 8.39. The Morgan fingerprint density at radius 3 is 2.41 bits per heavy atom. The molecule has 0 bridgehead atoms. The van der Waals surface area contributed by atoms with E-state index in [1.807, 2.05) is 48.2 Å². The van der Waals surface area contributed by atoms with Crippen LogP contribution < -0.4 is 14.7 Å². The quantitative estimate of drug-likeness (QED) is 0.548. The van der Waals surface area contributed by atoms with Gasteiger partial charge in [-0.2, -0.15) is 0 Å². The normalized spacial score (nSPS) is 17.3. The molecule has 2 aromatic carbocycles. The lowest BCUT2D eigenvalue weighted by Gasteiger charge is -2.40. The van der Waals surface area contributed by atoms with Crippen LogP contribution in [-0.4, -0.2) is 37.5 Å². The number of nitrogens with zero attached hydrogens (tertiary/aromatic N) is 3. The molecular formula is C27H35N3O2. The molecule has 2 amide bonds. The second-order valence-corrected chi connectivity index (χ2v) is 9.10. The molecule has 2 aromatic rings. The zero-order chi connectivity index (χ0) is 22.7. The second-order valence-electron chi connectivity index (χ2n) is 9.10. The molecule has 0 saturated carbocycles. The number of carbonyl (C=O) groups excluding carboxylic acids is 2. The maximum absolute atomic E-state index is 13.8. The summed E-state index contributed by atoms with van der Waals surface area (Å²) in [4.78, 5) is 32.2. The van der Waals surface area contributed by atoms with Crippen molar-refractivity contribution in [3.63, 3.8) is 0 Å². The highest BCUT2D eigenvalue weighted by Crippen LogP contribution is 2.38. The van der Waals surface area contributed by atoms with E-state index >= 15 is 0 Å². The van der Waals surface area contributed by atoms with Gasteiger partial charge in [-0.25, -0.2) is 0 Å². The lowest BCUT2D eigenvalue weighted by Crippen LogP contribution is -2.51. The lowest BCUT2D eigenvalue weighted by molar-refractivity contribution is -0.117. The number of benzene rings is 2. The van der Waals surface area contributed by atoms with Gasteiger partial charge in [-0.3, -0.25) is 9.59 Å². The van der Waals surface area contributed by atoms with Gasteiger partial charge in [0.1, 0.15) is 0 Å². The Hall–Kier alpha value is -2.82. The fourth-order valence-corrected chi connectivity index (χ4v) is 5.24. The van der Waals surface area contributed by atoms with Crippen LogP contribution in [0.25, 0.3) is 0 Å². The zero-order valence-electron chi connectivity index (χ0n) is 19.6. The van der Waals surface area contributed by atoms with Gasteiger partial charge in [0.25, 0.3) is 5.91 Å². The second kappa shape index (κ2) is 9.76. The number of rotatable bonds is 7. The van der Waals surface area contributed by atoms with Crippen LogP contribution in [0.2, 0.25) is 0 Å². The van der Waals surface area contributed by atoms with Gasteiger partial charge in [0.2, 0.25) is 5.91 Å². The summed E-state index contributed by atoms with van der Waals surface area (Å²) < 4.78 is 0. The molecule has 4 rings (SSSR count). The van der Waals surface area contributed by atoms with Gasteiger partial charge in [0, 0.05) is 37.8 Å². The zero-order valence-corrected chi connectivity index (χ0v) is 19.6. The number of amides is 2. The van der Waals surface area contributed by atoms with E-state index in [0.29, 0.717) is 6.54 Å². The van der Waals surface area contributed by atoms with Crippen LogP contribution in [0.15, 0.2) is 42.5 Å². The maximum Gasteiger partial charge on any atom is 0.258 e. The van der Waals surface area contributed by atoms with E-state index in [4.69, 9.17) is 0 Å². The third kappa shape index (κ3) is 4.25. The molecule has 0 fully saturated rings. The first-order valence-electron chi connectivity index (χ1n) is 12.1. The summed E-state index contributed by atoms with van der Waals surface area (Å²) in [6, 6.07) is 13.8. The van der Waals surface area contributed by atoms with E-state index in [1.54, 1.807) is 11.8 Å². The molecule has 1 atom stereocenters. The molecule has 1 unspecified atom stereocenters. The number of fused-ring (bicyclic) bond motifs is 2. The van der Waals surface area contributed by atoms with Crippen molar-refractivity contribution in [2.45, 2.75) is 65.3 Å². The smallest absolute Gasteiger partial charge is 0.258 e. The minimum Gasteiger partial charge on any atom is -0.371 e. The molecule has 2 aliphatic heterocycles. The number of para-hydroxylation sites is 2. The molecule has 170 valence electrons. The predicted molar refractivity (Wildman–Crippen MR) is 132 cm³/mol. The Balaban J connectivity index is 1.57. The van der Waals surface area contributed by atoms with Crippen molar-refractivity contribution < 1.29 is 9.59 Å². The van der Waals surface area contributed by atoms with Gasteiger partial charge in [-0.05, 0) is 49.6 Å². The Kier molecular flexibility index (Phi) is 6.83. The van der Waals surface area contributed by atoms with Crippen LogP contribution in [0.3, 0.4) is 0 Å². The molecule has 0 radical (unpaired) electrons. The first kappa shape index (κ1) is 22.4. The van der Waals surface area contributed by atoms with Crippen LogP contribution in [0.4, 0.5) is 17.1 Å². The number of hydrogen-bond acceptors (Lipinski definition) is 3. The van der Waals surface area contributed by atoms with Crippen molar-refractivity contribution >= 4 is 28.9 Å². The summed E-state index contributed by atoms with van der Waals surface area (Å²) in [6.07, 6.45) is 7.27. The van der Waals surface area contributed by atoms with E-state index in [9.17, 15) is 9.59 Å². The summed E-state index contributed by atoms with van der Waals surface area (Å²) in [5, 5.41) is 0. The molecule has 2 aliphatic rings. The Labute approximate surface area is 192 Å². The summed E-state index contributed by atoms with van der Waals surface area (Å²) in [5.74, 6) is 0.0429. The SMILES string of the molecule is CCCCCCCN1CCc2c(C(=O)N3CC(C)N(C(C)=O)c4ccccc43)cccc21. The van der Waals surface area contributed by atoms with Crippen LogP contribution in [-0.2, 0) is 11.2 Å². The largest absolute Gasteiger partial charge is 0.371 e. The third-order valence-electron chi connectivity index (χ3n) is 6.79. The van der Waals surface area contributed by atoms with E-state index in [1.165, 1.54) is 43.4 Å². The molecule has 5 nitrogen and oxygen atoms in total. The first-order chi connectivity index (χ1) is 15.5. The van der Waals surface area contributed by atoms with Gasteiger partial charge in [0.15, 0.2) is 0 Å². The van der Waals surface area contributed by atoms with E-state index in [-0.39, 0.29) is 17.9 Å². The van der Waals surface area contributed by atoms with Gasteiger partial charge >= 0.3 is 0 Å². The van der Waals surface area contributed by atoms with Crippen LogP contribution in [0.1, 0.15) is 68.8 Å². The Morgan fingerprint density at radius 2 is 1.66 bits per heavy atom. The highest BCUT2D eigenvalue weighted by atomic mass is 16.2. The summed E-state index contributed by atoms with van der Waals surface area (Å²) >= 11 is 0. The molecule has 0 saturated heterocycles. The first-order valence-corrected chi connectivity index (χ1v) is 12.1. The fraction of sp³-hybridized carbons (Fsp3) is 0.481. The highest BCUT2D eigenvalue weighted by molar-refractivity contribution is 6.12. The van der Waals surface area contributed by atoms with Gasteiger partial charge in [-0.15, -0.1) is 0 Å². The molecule has 5 heteroatoms. The van der Waals surface area contributed by atoms with E-state index < -0.39 is 0 Å². The van der Waals surface area contributed by atoms with Crippen molar-refractivity contribution in [1.82, 2.24) is 0 Å². The van der Waals surface area contributed by atoms with Crippen molar-refractivity contribution in [3.05, 3.63) is 53.6 Å². The topological polar surface area (TPSA) is 43.9 Å². The molecule has 0 N–H and O–H groups in total. The van der Waals surface area contributed by atoms with Crippen molar-refractivity contribution in [1.29, 1.82) is 0 Å². The molecule has 0 aromatic heterocycles. The Bertz CT molecular complexity index is 987. The molecule has 2 heterocycles. The molecular weight excluding hydrogens is 398 g/mol. The van der Waals surface area contributed by atoms with Crippen molar-refractivity contribution in [3.8, 4) is 0 Å². The minimum atomic E-state index is -0.0669. The van der Waals surface area contributed by atoms with Gasteiger partial charge in [-0.1, -0.05) is 50.8 Å². The monoisotopic (exact) mass is 433 g/mol. The summed E-state index contributed by atoms with van der Waals surface area (Å²) in [7, 11) is 0. The van der Waals surface area contributed by atoms with Crippen molar-refractivity contribution in [2.24, 2.45) is 0 Å². The highest BCUT2D eigenvalue weighted by Gasteiger charge is 2.35. The lowest BCUT2D eigenvalue weighted by atomic mass is 10.0. The van der Waals surface area contributed by atoms with Gasteiger partial charge < -0.3 is 14.7 Å². The average molecular weight is 434 g/mol. The van der Waals surface area contributed by atoms with Crippen LogP contribution >= 0.6 is 0 Å². The molecule has 0 spiro atoms. The third-order valence-corrected chi connectivity index (χ3v) is 6.79. The van der Waals surface area contributed by atoms with Crippen LogP contribution in [0.5, 0.6) is 0 Å². The number of anilines is 3. The number of carbonyl (C=O) groups is 2. The maximum atomic E-state index is 13.8. The van der Waals surface area contributed by atoms with Crippen LogP contribution in [0, 0.1) is 0 Å². The predicted octanol–water partition coefficient (Wildman–Crippen LogP) is 5.42. The molecule has 0 aliphatic carbocycles. The van der Waals surface area contributed by atoms with Crippen molar-refractivity contribution in [2.75, 3.05) is 34.3 Å². The number of unbranched alkanes of at least 4 members (excludes halogenated alkanes) is 4. The molecule has 32 heavy (non-hydrogen) atoms. The number of hydrogen-bond donors (Lipinski definition) is 0. The Morgan fingerprint density at radius 1 is 0.938 bits per heavy atom.